The monoisotopic (exact) mass is 469 g/mol. The molecule has 34 heavy (non-hydrogen) atoms. The van der Waals surface area contributed by atoms with Gasteiger partial charge < -0.3 is 25.0 Å². The molecule has 1 fully saturated rings. The Hall–Kier alpha value is -3.46. The van der Waals surface area contributed by atoms with Crippen LogP contribution in [-0.4, -0.2) is 61.1 Å². The molecule has 0 unspecified atom stereocenters. The predicted octanol–water partition coefficient (Wildman–Crippen LogP) is 2.98. The number of hydrogen-bond donors (Lipinski definition) is 2. The number of benzene rings is 2. The molecule has 2 heterocycles. The van der Waals surface area contributed by atoms with Crippen molar-refractivity contribution in [2.75, 3.05) is 25.5 Å². The summed E-state index contributed by atoms with van der Waals surface area (Å²) in [5.41, 5.74) is 1.07. The first kappa shape index (κ1) is 23.7. The topological polar surface area (TPSA) is 97.0 Å². The number of rotatable bonds is 5. The van der Waals surface area contributed by atoms with E-state index < -0.39 is 11.7 Å². The summed E-state index contributed by atoms with van der Waals surface area (Å²) in [7, 11) is 1.73. The van der Waals surface area contributed by atoms with Crippen molar-refractivity contribution in [2.24, 2.45) is 0 Å². The zero-order valence-electron chi connectivity index (χ0n) is 19.2. The molecule has 9 heteroatoms. The molecule has 0 spiro atoms. The highest BCUT2D eigenvalue weighted by atomic mass is 19.1. The maximum atomic E-state index is 13.3. The van der Waals surface area contributed by atoms with Crippen LogP contribution in [0, 0.1) is 5.82 Å². The second-order valence-electron chi connectivity index (χ2n) is 8.50. The molecule has 0 bridgehead atoms. The average Bonchev–Trinajstić information content (AvgIpc) is 2.82. The van der Waals surface area contributed by atoms with Crippen LogP contribution >= 0.6 is 0 Å². The minimum absolute atomic E-state index is 0.0531. The maximum absolute atomic E-state index is 13.3. The fraction of sp³-hybridized carbons (Fsp3) is 0.400. The zero-order chi connectivity index (χ0) is 24.2. The molecular formula is C25H28FN3O5. The molecule has 2 aromatic rings. The molecule has 180 valence electrons. The van der Waals surface area contributed by atoms with Gasteiger partial charge in [-0.05, 0) is 62.2 Å². The van der Waals surface area contributed by atoms with E-state index in [0.717, 1.165) is 0 Å². The summed E-state index contributed by atoms with van der Waals surface area (Å²) in [5.74, 6) is -0.740. The Morgan fingerprint density at radius 3 is 2.65 bits per heavy atom. The fourth-order valence-corrected chi connectivity index (χ4v) is 4.39. The number of nitrogens with one attached hydrogen (secondary N) is 2. The average molecular weight is 470 g/mol. The molecule has 2 aliphatic heterocycles. The summed E-state index contributed by atoms with van der Waals surface area (Å²) >= 11 is 0. The second kappa shape index (κ2) is 10.2. The van der Waals surface area contributed by atoms with Crippen LogP contribution in [-0.2, 0) is 9.53 Å². The van der Waals surface area contributed by atoms with Gasteiger partial charge in [0.1, 0.15) is 24.3 Å². The molecule has 0 radical (unpaired) electrons. The number of carbonyl (C=O) groups excluding carboxylic acids is 3. The van der Waals surface area contributed by atoms with Crippen molar-refractivity contribution in [1.29, 1.82) is 0 Å². The highest BCUT2D eigenvalue weighted by Crippen LogP contribution is 2.32. The first-order valence-electron chi connectivity index (χ1n) is 11.4. The SMILES string of the molecule is CCNC(=O)C[C@H]1CC[C@H]2[C@@H](COc3ccc(NC(=O)c4ccc(F)cc4)cc3C(=O)N2C)O1. The van der Waals surface area contributed by atoms with Crippen LogP contribution in [0.15, 0.2) is 42.5 Å². The third-order valence-electron chi connectivity index (χ3n) is 6.16. The van der Waals surface area contributed by atoms with E-state index in [9.17, 15) is 18.8 Å². The molecular weight excluding hydrogens is 441 g/mol. The summed E-state index contributed by atoms with van der Waals surface area (Å²) in [6, 6.07) is 9.88. The van der Waals surface area contributed by atoms with Crippen LogP contribution in [0.25, 0.3) is 0 Å². The predicted molar refractivity (Wildman–Crippen MR) is 123 cm³/mol. The summed E-state index contributed by atoms with van der Waals surface area (Å²) < 4.78 is 25.2. The molecule has 3 atom stereocenters. The van der Waals surface area contributed by atoms with Crippen LogP contribution in [0.5, 0.6) is 5.75 Å². The molecule has 1 saturated heterocycles. The van der Waals surface area contributed by atoms with Crippen LogP contribution < -0.4 is 15.4 Å². The number of fused-ring (bicyclic) bond motifs is 2. The first-order chi connectivity index (χ1) is 16.4. The maximum Gasteiger partial charge on any atom is 0.257 e. The van der Waals surface area contributed by atoms with Gasteiger partial charge >= 0.3 is 0 Å². The number of halogens is 1. The Bertz CT molecular complexity index is 1070. The van der Waals surface area contributed by atoms with Crippen molar-refractivity contribution in [3.05, 3.63) is 59.4 Å². The van der Waals surface area contributed by atoms with Gasteiger partial charge in [-0.3, -0.25) is 14.4 Å². The van der Waals surface area contributed by atoms with Crippen LogP contribution in [0.3, 0.4) is 0 Å². The van der Waals surface area contributed by atoms with Gasteiger partial charge in [0.05, 0.1) is 24.1 Å². The van der Waals surface area contributed by atoms with Gasteiger partial charge in [0.25, 0.3) is 11.8 Å². The lowest BCUT2D eigenvalue weighted by molar-refractivity contribution is -0.133. The molecule has 8 nitrogen and oxygen atoms in total. The summed E-state index contributed by atoms with van der Waals surface area (Å²) in [6.07, 6.45) is 1.06. The summed E-state index contributed by atoms with van der Waals surface area (Å²) in [6.45, 7) is 2.68. The van der Waals surface area contributed by atoms with E-state index in [0.29, 0.717) is 42.0 Å². The van der Waals surface area contributed by atoms with E-state index in [1.165, 1.54) is 24.3 Å². The Kier molecular flexibility index (Phi) is 7.12. The van der Waals surface area contributed by atoms with Gasteiger partial charge in [-0.25, -0.2) is 4.39 Å². The number of carbonyl (C=O) groups is 3. The number of anilines is 1. The lowest BCUT2D eigenvalue weighted by Gasteiger charge is -2.42. The molecule has 0 aliphatic carbocycles. The normalized spacial score (nSPS) is 21.9. The minimum atomic E-state index is -0.427. The molecule has 2 aliphatic rings. The Morgan fingerprint density at radius 2 is 1.91 bits per heavy atom. The molecule has 4 rings (SSSR count). The van der Waals surface area contributed by atoms with Gasteiger partial charge in [0.2, 0.25) is 5.91 Å². The van der Waals surface area contributed by atoms with E-state index in [-0.39, 0.29) is 43.1 Å². The number of hydrogen-bond acceptors (Lipinski definition) is 5. The number of likely N-dealkylation sites (N-methyl/N-ethyl adjacent to an activating group) is 1. The quantitative estimate of drug-likeness (QED) is 0.702. The van der Waals surface area contributed by atoms with Gasteiger partial charge in [-0.1, -0.05) is 0 Å². The molecule has 0 saturated carbocycles. The first-order valence-corrected chi connectivity index (χ1v) is 11.4. The van der Waals surface area contributed by atoms with Gasteiger partial charge in [0, 0.05) is 24.8 Å². The van der Waals surface area contributed by atoms with Crippen molar-refractivity contribution in [3.63, 3.8) is 0 Å². The van der Waals surface area contributed by atoms with Crippen LogP contribution in [0.1, 0.15) is 46.9 Å². The third-order valence-corrected chi connectivity index (χ3v) is 6.16. The molecule has 2 aromatic carbocycles. The second-order valence-corrected chi connectivity index (χ2v) is 8.50. The van der Waals surface area contributed by atoms with E-state index in [2.05, 4.69) is 10.6 Å². The number of amides is 3. The highest BCUT2D eigenvalue weighted by Gasteiger charge is 2.39. The summed E-state index contributed by atoms with van der Waals surface area (Å²) in [4.78, 5) is 39.4. The summed E-state index contributed by atoms with van der Waals surface area (Å²) in [5, 5.41) is 5.53. The standard InChI is InChI=1S/C25H28FN3O5/c1-3-27-23(30)13-18-9-10-20-22(34-18)14-33-21-11-8-17(12-19(21)25(32)29(20)2)28-24(31)15-4-6-16(26)7-5-15/h4-8,11-12,18,20,22H,3,9-10,13-14H2,1-2H3,(H,27,30)(H,28,31)/t18-,20+,22-/m1/s1. The lowest BCUT2D eigenvalue weighted by Crippen LogP contribution is -2.54. The van der Waals surface area contributed by atoms with Crippen molar-refractivity contribution >= 4 is 23.4 Å². The van der Waals surface area contributed by atoms with Crippen LogP contribution in [0.4, 0.5) is 10.1 Å². The van der Waals surface area contributed by atoms with Gasteiger partial charge in [-0.2, -0.15) is 0 Å². The minimum Gasteiger partial charge on any atom is -0.490 e. The highest BCUT2D eigenvalue weighted by molar-refractivity contribution is 6.05. The Morgan fingerprint density at radius 1 is 1.15 bits per heavy atom. The van der Waals surface area contributed by atoms with E-state index in [1.54, 1.807) is 30.1 Å². The third kappa shape index (κ3) is 5.20. The largest absolute Gasteiger partial charge is 0.490 e. The lowest BCUT2D eigenvalue weighted by atomic mass is 9.94. The van der Waals surface area contributed by atoms with E-state index >= 15 is 0 Å². The molecule has 0 aromatic heterocycles. The van der Waals surface area contributed by atoms with Crippen LogP contribution in [0.2, 0.25) is 0 Å². The smallest absolute Gasteiger partial charge is 0.257 e. The van der Waals surface area contributed by atoms with E-state index in [4.69, 9.17) is 9.47 Å². The molecule has 3 amide bonds. The van der Waals surface area contributed by atoms with Crippen molar-refractivity contribution < 1.29 is 28.2 Å². The van der Waals surface area contributed by atoms with Gasteiger partial charge in [0.15, 0.2) is 0 Å². The van der Waals surface area contributed by atoms with E-state index in [1.807, 2.05) is 6.92 Å². The van der Waals surface area contributed by atoms with Gasteiger partial charge in [-0.15, -0.1) is 0 Å². The van der Waals surface area contributed by atoms with Crippen molar-refractivity contribution in [3.8, 4) is 5.75 Å². The number of nitrogens with zero attached hydrogens (tertiary/aromatic N) is 1. The fourth-order valence-electron chi connectivity index (χ4n) is 4.39. The zero-order valence-corrected chi connectivity index (χ0v) is 19.2. The Balaban J connectivity index is 1.49. The van der Waals surface area contributed by atoms with Crippen molar-refractivity contribution in [1.82, 2.24) is 10.2 Å². The molecule has 2 N–H and O–H groups in total. The Labute approximate surface area is 197 Å². The number of ether oxygens (including phenoxy) is 2. The van der Waals surface area contributed by atoms with Crippen molar-refractivity contribution in [2.45, 2.75) is 44.4 Å².